The van der Waals surface area contributed by atoms with Crippen LogP contribution in [0.25, 0.3) is 11.1 Å². The number of fused-ring (bicyclic) bond motifs is 1. The van der Waals surface area contributed by atoms with Gasteiger partial charge in [0.25, 0.3) is 0 Å². The van der Waals surface area contributed by atoms with Crippen molar-refractivity contribution in [1.82, 2.24) is 4.98 Å². The molecule has 1 aromatic carbocycles. The van der Waals surface area contributed by atoms with Crippen molar-refractivity contribution in [2.75, 3.05) is 0 Å². The topological polar surface area (TPSA) is 52.0 Å². The van der Waals surface area contributed by atoms with Crippen LogP contribution < -0.4 is 5.73 Å². The van der Waals surface area contributed by atoms with Gasteiger partial charge in [-0.05, 0) is 30.9 Å². The molecule has 1 heterocycles. The van der Waals surface area contributed by atoms with Crippen LogP contribution >= 0.6 is 0 Å². The van der Waals surface area contributed by atoms with E-state index in [1.165, 1.54) is 0 Å². The van der Waals surface area contributed by atoms with Crippen LogP contribution in [0.4, 0.5) is 8.78 Å². The van der Waals surface area contributed by atoms with Gasteiger partial charge in [-0.3, -0.25) is 0 Å². The van der Waals surface area contributed by atoms with Gasteiger partial charge in [-0.25, -0.2) is 13.8 Å². The van der Waals surface area contributed by atoms with E-state index < -0.39 is 5.92 Å². The van der Waals surface area contributed by atoms with Crippen molar-refractivity contribution in [2.24, 2.45) is 11.7 Å². The molecule has 2 aromatic rings. The van der Waals surface area contributed by atoms with E-state index in [0.29, 0.717) is 25.2 Å². The maximum absolute atomic E-state index is 13.1. The van der Waals surface area contributed by atoms with Gasteiger partial charge in [-0.1, -0.05) is 12.1 Å². The zero-order valence-electron chi connectivity index (χ0n) is 11.2. The summed E-state index contributed by atoms with van der Waals surface area (Å²) in [6.07, 6.45) is 1.35. The van der Waals surface area contributed by atoms with Crippen LogP contribution in [-0.2, 0) is 6.42 Å². The van der Waals surface area contributed by atoms with Crippen LogP contribution in [0.3, 0.4) is 0 Å². The van der Waals surface area contributed by atoms with Crippen LogP contribution in [0, 0.1) is 5.92 Å². The molecule has 0 amide bonds. The lowest BCUT2D eigenvalue weighted by molar-refractivity contribution is -0.0482. The second-order valence-electron chi connectivity index (χ2n) is 5.64. The first-order valence-corrected chi connectivity index (χ1v) is 7.01. The summed E-state index contributed by atoms with van der Waals surface area (Å²) in [6.45, 7) is 0. The summed E-state index contributed by atoms with van der Waals surface area (Å²) < 4.78 is 31.9. The summed E-state index contributed by atoms with van der Waals surface area (Å²) in [5, 5.41) is 0. The van der Waals surface area contributed by atoms with Crippen LogP contribution in [0.5, 0.6) is 0 Å². The third-order valence-corrected chi connectivity index (χ3v) is 4.12. The Hall–Kier alpha value is -1.49. The fraction of sp³-hybridized carbons (Fsp3) is 0.533. The fourth-order valence-electron chi connectivity index (χ4n) is 2.87. The molecule has 0 saturated heterocycles. The van der Waals surface area contributed by atoms with E-state index in [4.69, 9.17) is 10.2 Å². The number of hydrogen-bond acceptors (Lipinski definition) is 3. The van der Waals surface area contributed by atoms with Gasteiger partial charge in [-0.2, -0.15) is 0 Å². The number of alkyl halides is 2. The number of nitrogens with zero attached hydrogens (tertiary/aromatic N) is 1. The number of oxazole rings is 1. The van der Waals surface area contributed by atoms with Gasteiger partial charge in [0.1, 0.15) is 5.52 Å². The smallest absolute Gasteiger partial charge is 0.248 e. The highest BCUT2D eigenvalue weighted by molar-refractivity contribution is 5.72. The number of halogens is 2. The van der Waals surface area contributed by atoms with E-state index in [2.05, 4.69) is 4.98 Å². The van der Waals surface area contributed by atoms with Gasteiger partial charge in [-0.15, -0.1) is 0 Å². The second-order valence-corrected chi connectivity index (χ2v) is 5.64. The molecule has 2 N–H and O–H groups in total. The van der Waals surface area contributed by atoms with Crippen molar-refractivity contribution in [1.29, 1.82) is 0 Å². The van der Waals surface area contributed by atoms with Crippen molar-refractivity contribution in [3.63, 3.8) is 0 Å². The average Bonchev–Trinajstić information content (AvgIpc) is 2.80. The van der Waals surface area contributed by atoms with Crippen LogP contribution in [-0.4, -0.2) is 16.9 Å². The minimum Gasteiger partial charge on any atom is -0.441 e. The predicted octanol–water partition coefficient (Wildman–Crippen LogP) is 3.52. The normalized spacial score (nSPS) is 21.1. The Morgan fingerprint density at radius 2 is 2.00 bits per heavy atom. The van der Waals surface area contributed by atoms with E-state index in [0.717, 1.165) is 11.1 Å². The van der Waals surface area contributed by atoms with E-state index in [1.807, 2.05) is 24.3 Å². The van der Waals surface area contributed by atoms with E-state index in [9.17, 15) is 8.78 Å². The molecule has 0 radical (unpaired) electrons. The number of rotatable bonds is 3. The lowest BCUT2D eigenvalue weighted by Gasteiger charge is -2.31. The average molecular weight is 280 g/mol. The first-order valence-electron chi connectivity index (χ1n) is 7.01. The Kier molecular flexibility index (Phi) is 3.46. The minimum atomic E-state index is -2.51. The van der Waals surface area contributed by atoms with Gasteiger partial charge < -0.3 is 10.2 Å². The Labute approximate surface area is 116 Å². The molecule has 1 aliphatic rings. The maximum atomic E-state index is 13.1. The predicted molar refractivity (Wildman–Crippen MR) is 72.6 cm³/mol. The number of benzene rings is 1. The third-order valence-electron chi connectivity index (χ3n) is 4.12. The fourth-order valence-corrected chi connectivity index (χ4v) is 2.87. The van der Waals surface area contributed by atoms with E-state index in [1.54, 1.807) is 0 Å². The van der Waals surface area contributed by atoms with Gasteiger partial charge in [0.15, 0.2) is 11.5 Å². The molecule has 20 heavy (non-hydrogen) atoms. The minimum absolute atomic E-state index is 0.0566. The highest BCUT2D eigenvalue weighted by Crippen LogP contribution is 2.37. The number of para-hydroxylation sites is 2. The molecular formula is C15H18F2N2O. The Bertz CT molecular complexity index is 553. The molecule has 1 fully saturated rings. The van der Waals surface area contributed by atoms with Crippen molar-refractivity contribution < 1.29 is 13.2 Å². The van der Waals surface area contributed by atoms with Crippen molar-refractivity contribution >= 4 is 11.1 Å². The molecular weight excluding hydrogens is 262 g/mol. The zero-order valence-corrected chi connectivity index (χ0v) is 11.2. The van der Waals surface area contributed by atoms with Crippen molar-refractivity contribution in [2.45, 2.75) is 44.1 Å². The number of nitrogens with two attached hydrogens (primary N) is 1. The SMILES string of the molecule is NC(Cc1nc2ccccc2o1)C1CCC(F)(F)CC1. The highest BCUT2D eigenvalue weighted by Gasteiger charge is 2.37. The van der Waals surface area contributed by atoms with Gasteiger partial charge in [0.05, 0.1) is 0 Å². The van der Waals surface area contributed by atoms with Gasteiger partial charge >= 0.3 is 0 Å². The lowest BCUT2D eigenvalue weighted by Crippen LogP contribution is -2.37. The van der Waals surface area contributed by atoms with Crippen molar-refractivity contribution in [3.05, 3.63) is 30.2 Å². The molecule has 1 aliphatic carbocycles. The summed E-state index contributed by atoms with van der Waals surface area (Å²) in [6, 6.07) is 7.37. The summed E-state index contributed by atoms with van der Waals surface area (Å²) >= 11 is 0. The van der Waals surface area contributed by atoms with E-state index in [-0.39, 0.29) is 24.8 Å². The molecule has 1 unspecified atom stereocenters. The standard InChI is InChI=1S/C15H18F2N2O/c16-15(17)7-5-10(6-8-15)11(18)9-14-19-12-3-1-2-4-13(12)20-14/h1-4,10-11H,5-9,18H2. The first-order chi connectivity index (χ1) is 9.53. The monoisotopic (exact) mass is 280 g/mol. The highest BCUT2D eigenvalue weighted by atomic mass is 19.3. The Morgan fingerprint density at radius 1 is 1.30 bits per heavy atom. The summed E-state index contributed by atoms with van der Waals surface area (Å²) in [7, 11) is 0. The number of aromatic nitrogens is 1. The lowest BCUT2D eigenvalue weighted by atomic mass is 9.81. The van der Waals surface area contributed by atoms with Crippen LogP contribution in [0.15, 0.2) is 28.7 Å². The molecule has 3 rings (SSSR count). The molecule has 0 aliphatic heterocycles. The molecule has 108 valence electrons. The largest absolute Gasteiger partial charge is 0.441 e. The molecule has 1 atom stereocenters. The molecule has 1 saturated carbocycles. The van der Waals surface area contributed by atoms with Crippen LogP contribution in [0.1, 0.15) is 31.6 Å². The van der Waals surface area contributed by atoms with Crippen LogP contribution in [0.2, 0.25) is 0 Å². The van der Waals surface area contributed by atoms with Crippen molar-refractivity contribution in [3.8, 4) is 0 Å². The molecule has 0 bridgehead atoms. The summed E-state index contributed by atoms with van der Waals surface area (Å²) in [5.74, 6) is -1.78. The quantitative estimate of drug-likeness (QED) is 0.935. The number of hydrogen-bond donors (Lipinski definition) is 1. The second kappa shape index (κ2) is 5.13. The molecule has 5 heteroatoms. The Balaban J connectivity index is 1.65. The Morgan fingerprint density at radius 3 is 2.70 bits per heavy atom. The van der Waals surface area contributed by atoms with E-state index >= 15 is 0 Å². The first kappa shape index (κ1) is 13.5. The van der Waals surface area contributed by atoms with Gasteiger partial charge in [0.2, 0.25) is 5.92 Å². The molecule has 3 nitrogen and oxygen atoms in total. The summed E-state index contributed by atoms with van der Waals surface area (Å²) in [5.41, 5.74) is 7.70. The third kappa shape index (κ3) is 2.82. The van der Waals surface area contributed by atoms with Gasteiger partial charge in [0, 0.05) is 25.3 Å². The molecule has 0 spiro atoms. The zero-order chi connectivity index (χ0) is 14.2. The summed E-state index contributed by atoms with van der Waals surface area (Å²) in [4.78, 5) is 4.38. The maximum Gasteiger partial charge on any atom is 0.248 e. The molecule has 1 aromatic heterocycles.